The lowest BCUT2D eigenvalue weighted by molar-refractivity contribution is -0.117. The molecule has 1 fully saturated rings. The number of hydrogen-bond acceptors (Lipinski definition) is 5. The second kappa shape index (κ2) is 7.69. The van der Waals surface area contributed by atoms with E-state index in [1.54, 1.807) is 22.8 Å². The summed E-state index contributed by atoms with van der Waals surface area (Å²) in [5, 5.41) is 6.05. The molecule has 3 rings (SSSR count). The minimum Gasteiger partial charge on any atom is -0.335 e. The van der Waals surface area contributed by atoms with E-state index in [-0.39, 0.29) is 17.4 Å². The Bertz CT molecular complexity index is 861. The van der Waals surface area contributed by atoms with Gasteiger partial charge in [-0.25, -0.2) is 9.78 Å². The molecule has 0 spiro atoms. The van der Waals surface area contributed by atoms with Gasteiger partial charge in [0.2, 0.25) is 5.91 Å². The molecule has 0 aliphatic heterocycles. The number of rotatable bonds is 6. The third-order valence-electron chi connectivity index (χ3n) is 3.77. The van der Waals surface area contributed by atoms with Crippen molar-refractivity contribution in [2.45, 2.75) is 43.9 Å². The molecule has 0 unspecified atom stereocenters. The van der Waals surface area contributed by atoms with Crippen LogP contribution in [-0.2, 0) is 11.3 Å². The number of fused-ring (bicyclic) bond motifs is 1. The summed E-state index contributed by atoms with van der Waals surface area (Å²) in [5.41, 5.74) is 0.496. The standard InChI is InChI=1S/C17H20N4O3S/c1-2-9-21-15(23)12-5-3-4-6-13(12)19-17(21)25-10-14(22)20-16(24)18-11-7-8-11/h3-6,11H,2,7-10H2,1H3,(H2,18,20,22,24). The van der Waals surface area contributed by atoms with Gasteiger partial charge in [-0.15, -0.1) is 0 Å². The molecule has 1 aromatic carbocycles. The normalized spacial score (nSPS) is 13.6. The van der Waals surface area contributed by atoms with Crippen molar-refractivity contribution >= 4 is 34.6 Å². The van der Waals surface area contributed by atoms with E-state index in [9.17, 15) is 14.4 Å². The molecule has 2 aromatic rings. The summed E-state index contributed by atoms with van der Waals surface area (Å²) in [7, 11) is 0. The number of nitrogens with one attached hydrogen (secondary N) is 2. The molecule has 1 saturated carbocycles. The Kier molecular flexibility index (Phi) is 5.37. The van der Waals surface area contributed by atoms with E-state index in [0.29, 0.717) is 22.6 Å². The Morgan fingerprint density at radius 2 is 2.08 bits per heavy atom. The summed E-state index contributed by atoms with van der Waals surface area (Å²) in [6.45, 7) is 2.51. The van der Waals surface area contributed by atoms with Crippen molar-refractivity contribution in [1.82, 2.24) is 20.2 Å². The fourth-order valence-electron chi connectivity index (χ4n) is 2.42. The van der Waals surface area contributed by atoms with E-state index >= 15 is 0 Å². The fraction of sp³-hybridized carbons (Fsp3) is 0.412. The van der Waals surface area contributed by atoms with Gasteiger partial charge in [-0.2, -0.15) is 0 Å². The van der Waals surface area contributed by atoms with Gasteiger partial charge in [0, 0.05) is 12.6 Å². The van der Waals surface area contributed by atoms with Crippen LogP contribution >= 0.6 is 11.8 Å². The Morgan fingerprint density at radius 1 is 1.32 bits per heavy atom. The number of aromatic nitrogens is 2. The van der Waals surface area contributed by atoms with Gasteiger partial charge in [-0.05, 0) is 31.4 Å². The number of benzene rings is 1. The molecule has 8 heteroatoms. The molecule has 132 valence electrons. The van der Waals surface area contributed by atoms with Crippen molar-refractivity contribution < 1.29 is 9.59 Å². The van der Waals surface area contributed by atoms with E-state index in [1.807, 2.05) is 13.0 Å². The maximum absolute atomic E-state index is 12.6. The van der Waals surface area contributed by atoms with Crippen molar-refractivity contribution in [3.05, 3.63) is 34.6 Å². The van der Waals surface area contributed by atoms with Crippen LogP contribution in [-0.4, -0.2) is 33.3 Å². The van der Waals surface area contributed by atoms with E-state index in [4.69, 9.17) is 0 Å². The van der Waals surface area contributed by atoms with E-state index in [2.05, 4.69) is 15.6 Å². The van der Waals surface area contributed by atoms with Crippen LogP contribution in [0.25, 0.3) is 10.9 Å². The molecule has 2 N–H and O–H groups in total. The first-order valence-electron chi connectivity index (χ1n) is 8.31. The smallest absolute Gasteiger partial charge is 0.321 e. The maximum Gasteiger partial charge on any atom is 0.321 e. The SMILES string of the molecule is CCCn1c(SCC(=O)NC(=O)NC2CC2)nc2ccccc2c1=O. The predicted octanol–water partition coefficient (Wildman–Crippen LogP) is 1.89. The van der Waals surface area contributed by atoms with Crippen LogP contribution in [0, 0.1) is 0 Å². The third kappa shape index (κ3) is 4.39. The monoisotopic (exact) mass is 360 g/mol. The van der Waals surface area contributed by atoms with Crippen molar-refractivity contribution in [3.63, 3.8) is 0 Å². The predicted molar refractivity (Wildman–Crippen MR) is 96.7 cm³/mol. The van der Waals surface area contributed by atoms with Gasteiger partial charge in [-0.3, -0.25) is 19.5 Å². The average molecular weight is 360 g/mol. The number of thioether (sulfide) groups is 1. The molecular weight excluding hydrogens is 340 g/mol. The molecule has 1 aromatic heterocycles. The first-order valence-corrected chi connectivity index (χ1v) is 9.29. The van der Waals surface area contributed by atoms with Crippen LogP contribution in [0.1, 0.15) is 26.2 Å². The number of imide groups is 1. The lowest BCUT2D eigenvalue weighted by atomic mass is 10.2. The third-order valence-corrected chi connectivity index (χ3v) is 4.75. The van der Waals surface area contributed by atoms with Crippen LogP contribution in [0.3, 0.4) is 0 Å². The van der Waals surface area contributed by atoms with Gasteiger partial charge in [-0.1, -0.05) is 30.8 Å². The number of carbonyl (C=O) groups is 2. The van der Waals surface area contributed by atoms with Crippen molar-refractivity contribution in [3.8, 4) is 0 Å². The lowest BCUT2D eigenvalue weighted by Crippen LogP contribution is -2.41. The second-order valence-electron chi connectivity index (χ2n) is 5.95. The first kappa shape index (κ1) is 17.5. The van der Waals surface area contributed by atoms with Crippen LogP contribution in [0.4, 0.5) is 4.79 Å². The van der Waals surface area contributed by atoms with Crippen LogP contribution in [0.5, 0.6) is 0 Å². The van der Waals surface area contributed by atoms with Crippen LogP contribution < -0.4 is 16.2 Å². The number of hydrogen-bond donors (Lipinski definition) is 2. The van der Waals surface area contributed by atoms with Crippen LogP contribution in [0.15, 0.2) is 34.2 Å². The highest BCUT2D eigenvalue weighted by molar-refractivity contribution is 7.99. The second-order valence-corrected chi connectivity index (χ2v) is 6.90. The lowest BCUT2D eigenvalue weighted by Gasteiger charge is -2.12. The van der Waals surface area contributed by atoms with Crippen molar-refractivity contribution in [2.75, 3.05) is 5.75 Å². The zero-order chi connectivity index (χ0) is 17.8. The maximum atomic E-state index is 12.6. The van der Waals surface area contributed by atoms with Gasteiger partial charge in [0.25, 0.3) is 5.56 Å². The zero-order valence-electron chi connectivity index (χ0n) is 13.9. The van der Waals surface area contributed by atoms with E-state index in [0.717, 1.165) is 31.0 Å². The first-order chi connectivity index (χ1) is 12.1. The van der Waals surface area contributed by atoms with Crippen molar-refractivity contribution in [2.24, 2.45) is 0 Å². The summed E-state index contributed by atoms with van der Waals surface area (Å²) in [6, 6.07) is 6.88. The molecular formula is C17H20N4O3S. The quantitative estimate of drug-likeness (QED) is 0.606. The zero-order valence-corrected chi connectivity index (χ0v) is 14.8. The van der Waals surface area contributed by atoms with E-state index in [1.165, 1.54) is 0 Å². The molecule has 25 heavy (non-hydrogen) atoms. The highest BCUT2D eigenvalue weighted by Crippen LogP contribution is 2.19. The molecule has 3 amide bonds. The largest absolute Gasteiger partial charge is 0.335 e. The molecule has 7 nitrogen and oxygen atoms in total. The summed E-state index contributed by atoms with van der Waals surface area (Å²) in [4.78, 5) is 40.7. The topological polar surface area (TPSA) is 93.1 Å². The molecule has 0 radical (unpaired) electrons. The molecule has 1 heterocycles. The summed E-state index contributed by atoms with van der Waals surface area (Å²) >= 11 is 1.16. The number of carbonyl (C=O) groups excluding carboxylic acids is 2. The van der Waals surface area contributed by atoms with Gasteiger partial charge in [0.15, 0.2) is 5.16 Å². The molecule has 0 atom stereocenters. The number of nitrogens with zero attached hydrogens (tertiary/aromatic N) is 2. The Balaban J connectivity index is 1.73. The molecule has 1 aliphatic rings. The van der Waals surface area contributed by atoms with Crippen LogP contribution in [0.2, 0.25) is 0 Å². The fourth-order valence-corrected chi connectivity index (χ4v) is 3.25. The minimum atomic E-state index is -0.467. The van der Waals surface area contributed by atoms with Gasteiger partial charge in [0.1, 0.15) is 0 Å². The summed E-state index contributed by atoms with van der Waals surface area (Å²) < 4.78 is 1.59. The Labute approximate surface area is 149 Å². The number of para-hydroxylation sites is 1. The van der Waals surface area contributed by atoms with Gasteiger partial charge < -0.3 is 5.32 Å². The Hall–Kier alpha value is -2.35. The summed E-state index contributed by atoms with van der Waals surface area (Å²) in [5.74, 6) is -0.388. The summed E-state index contributed by atoms with van der Waals surface area (Å²) in [6.07, 6.45) is 2.70. The number of urea groups is 1. The molecule has 0 saturated heterocycles. The highest BCUT2D eigenvalue weighted by atomic mass is 32.2. The van der Waals surface area contributed by atoms with E-state index < -0.39 is 11.9 Å². The minimum absolute atomic E-state index is 0.0204. The Morgan fingerprint density at radius 3 is 2.80 bits per heavy atom. The molecule has 0 bridgehead atoms. The molecule has 1 aliphatic carbocycles. The van der Waals surface area contributed by atoms with Gasteiger partial charge in [0.05, 0.1) is 16.7 Å². The highest BCUT2D eigenvalue weighted by Gasteiger charge is 2.24. The van der Waals surface area contributed by atoms with Gasteiger partial charge >= 0.3 is 6.03 Å². The van der Waals surface area contributed by atoms with Crippen molar-refractivity contribution in [1.29, 1.82) is 0 Å². The number of amides is 3. The average Bonchev–Trinajstić information content (AvgIpc) is 3.39.